The Bertz CT molecular complexity index is 1580. The summed E-state index contributed by atoms with van der Waals surface area (Å²) >= 11 is 1.39. The third-order valence-corrected chi connectivity index (χ3v) is 12.8. The maximum absolute atomic E-state index is 14.2. The standard InChI is InChI=1S/C38H52N4O10S/c39-26(35(47)48)9-10-28(44)41-27(33(45)42-34(46)36(49)50)21-53-32-31-29-23(7-2-1-3-13-38(32)14-4-5-15-38)20-24(19-22-11-16-40-17-12-22)25(8-6-18-43)30(29)37(51)52-31/h11-12,16-17,23,26-27,30,32,34,43,46H,1-10,13-15,18-21,39H2,(H,41,44)(H,42,45)(H,47,48)(H,49,50)/t23-,26-,27-,30+,32-,34-/m0/s1. The third-order valence-electron chi connectivity index (χ3n) is 11.3. The highest BCUT2D eigenvalue weighted by Gasteiger charge is 2.53. The van der Waals surface area contributed by atoms with Gasteiger partial charge in [-0.05, 0) is 92.4 Å². The molecular formula is C38H52N4O10S. The van der Waals surface area contributed by atoms with E-state index < -0.39 is 48.0 Å². The van der Waals surface area contributed by atoms with E-state index in [0.29, 0.717) is 25.0 Å². The van der Waals surface area contributed by atoms with Crippen LogP contribution in [0.2, 0.25) is 0 Å². The van der Waals surface area contributed by atoms with Gasteiger partial charge < -0.3 is 41.5 Å². The molecule has 0 bridgehead atoms. The number of nitrogens with two attached hydrogens (primary N) is 1. The van der Waals surface area contributed by atoms with Crippen molar-refractivity contribution in [2.24, 2.45) is 23.0 Å². The van der Waals surface area contributed by atoms with E-state index in [1.54, 1.807) is 12.4 Å². The Labute approximate surface area is 313 Å². The molecule has 53 heavy (non-hydrogen) atoms. The number of nitrogens with one attached hydrogen (secondary N) is 2. The zero-order valence-electron chi connectivity index (χ0n) is 30.0. The molecule has 14 nitrogen and oxygen atoms in total. The zero-order chi connectivity index (χ0) is 38.1. The van der Waals surface area contributed by atoms with Gasteiger partial charge in [-0.15, -0.1) is 11.8 Å². The van der Waals surface area contributed by atoms with Crippen LogP contribution in [0.15, 0.2) is 47.0 Å². The van der Waals surface area contributed by atoms with Crippen molar-refractivity contribution < 1.29 is 49.1 Å². The quantitative estimate of drug-likeness (QED) is 0.0731. The Morgan fingerprint density at radius 3 is 2.38 bits per heavy atom. The van der Waals surface area contributed by atoms with Crippen LogP contribution >= 0.6 is 11.8 Å². The van der Waals surface area contributed by atoms with E-state index in [2.05, 4.69) is 10.3 Å². The highest BCUT2D eigenvalue weighted by molar-refractivity contribution is 8.00. The smallest absolute Gasteiger partial charge is 0.353 e. The van der Waals surface area contributed by atoms with Crippen molar-refractivity contribution in [1.82, 2.24) is 15.6 Å². The third kappa shape index (κ3) is 9.85. The minimum Gasteiger partial charge on any atom is -0.480 e. The first kappa shape index (κ1) is 40.4. The molecule has 0 saturated heterocycles. The number of carboxylic acid groups (broad SMARTS) is 2. The van der Waals surface area contributed by atoms with Crippen LogP contribution in [0.25, 0.3) is 0 Å². The second-order valence-electron chi connectivity index (χ2n) is 14.8. The first-order valence-electron chi connectivity index (χ1n) is 18.7. The van der Waals surface area contributed by atoms with Crippen LogP contribution in [0.5, 0.6) is 0 Å². The number of aliphatic hydroxyl groups is 2. The number of pyridine rings is 1. The molecule has 290 valence electrons. The van der Waals surface area contributed by atoms with Gasteiger partial charge in [-0.2, -0.15) is 0 Å². The second-order valence-corrected chi connectivity index (χ2v) is 15.9. The lowest BCUT2D eigenvalue weighted by Gasteiger charge is -2.40. The Morgan fingerprint density at radius 1 is 1.02 bits per heavy atom. The molecule has 0 radical (unpaired) electrons. The highest BCUT2D eigenvalue weighted by atomic mass is 32.2. The van der Waals surface area contributed by atoms with Crippen LogP contribution in [0.1, 0.15) is 95.5 Å². The van der Waals surface area contributed by atoms with Crippen LogP contribution in [0.3, 0.4) is 0 Å². The molecule has 1 aromatic rings. The minimum atomic E-state index is -2.21. The summed E-state index contributed by atoms with van der Waals surface area (Å²) in [6.07, 6.45) is 11.9. The molecule has 1 aliphatic heterocycles. The summed E-state index contributed by atoms with van der Waals surface area (Å²) in [7, 11) is 0. The van der Waals surface area contributed by atoms with Gasteiger partial charge >= 0.3 is 17.9 Å². The van der Waals surface area contributed by atoms with Crippen LogP contribution in [-0.4, -0.2) is 91.1 Å². The number of carbonyl (C=O) groups is 5. The number of nitrogens with zero attached hydrogens (tertiary/aromatic N) is 1. The van der Waals surface area contributed by atoms with Gasteiger partial charge in [-0.25, -0.2) is 4.79 Å². The molecule has 8 N–H and O–H groups in total. The molecule has 6 atom stereocenters. The van der Waals surface area contributed by atoms with Crippen LogP contribution in [0.4, 0.5) is 0 Å². The van der Waals surface area contributed by atoms with Gasteiger partial charge in [0.25, 0.3) is 0 Å². The molecule has 0 aromatic carbocycles. The SMILES string of the molecule is N[C@@H](CCC(=O)N[C@@H](CS[C@H]1C2=C3[C@@H](CCCCCC14CCCC4)CC(Cc1ccncc1)=C(CCCO)[C@H]3C(=O)O2)C(=O)N[C@@H](O)C(=O)O)C(=O)O. The number of amides is 2. The number of allylic oxidation sites excluding steroid dienone is 1. The number of ether oxygens (including phenoxy) is 1. The fraction of sp³-hybridized carbons (Fsp3) is 0.632. The number of thioether (sulfide) groups is 1. The maximum atomic E-state index is 14.2. The first-order valence-corrected chi connectivity index (χ1v) is 19.8. The average Bonchev–Trinajstić information content (AvgIpc) is 3.75. The van der Waals surface area contributed by atoms with Crippen molar-refractivity contribution >= 4 is 41.5 Å². The van der Waals surface area contributed by atoms with Gasteiger partial charge in [0, 0.05) is 31.2 Å². The molecule has 1 aromatic heterocycles. The Morgan fingerprint density at radius 2 is 1.72 bits per heavy atom. The number of carboxylic acids is 2. The van der Waals surface area contributed by atoms with E-state index in [0.717, 1.165) is 80.9 Å². The molecule has 15 heteroatoms. The van der Waals surface area contributed by atoms with Crippen LogP contribution < -0.4 is 16.4 Å². The summed E-state index contributed by atoms with van der Waals surface area (Å²) in [4.78, 5) is 67.4. The summed E-state index contributed by atoms with van der Waals surface area (Å²) in [5, 5.41) is 42.5. The van der Waals surface area contributed by atoms with Crippen LogP contribution in [0, 0.1) is 17.3 Å². The summed E-state index contributed by atoms with van der Waals surface area (Å²) in [5.41, 5.74) is 9.60. The van der Waals surface area contributed by atoms with Gasteiger partial charge in [-0.3, -0.25) is 24.2 Å². The Hall–Kier alpha value is -3.79. The summed E-state index contributed by atoms with van der Waals surface area (Å²) < 4.78 is 6.41. The predicted octanol–water partition coefficient (Wildman–Crippen LogP) is 2.96. The lowest BCUT2D eigenvalue weighted by atomic mass is 9.67. The monoisotopic (exact) mass is 756 g/mol. The second kappa shape index (κ2) is 18.5. The Balaban J connectivity index is 1.53. The molecule has 0 unspecified atom stereocenters. The summed E-state index contributed by atoms with van der Waals surface area (Å²) in [5.74, 6) is -4.78. The largest absolute Gasteiger partial charge is 0.480 e. The molecule has 1 saturated carbocycles. The molecular weight excluding hydrogens is 705 g/mol. The lowest BCUT2D eigenvalue weighted by molar-refractivity contribution is -0.151. The molecule has 3 aliphatic carbocycles. The topological polar surface area (TPSA) is 238 Å². The highest BCUT2D eigenvalue weighted by Crippen LogP contribution is 2.58. The number of hydrogen-bond donors (Lipinski definition) is 7. The van der Waals surface area contributed by atoms with Gasteiger partial charge in [0.2, 0.25) is 18.0 Å². The molecule has 5 rings (SSSR count). The molecule has 2 heterocycles. The van der Waals surface area contributed by atoms with Gasteiger partial charge in [0.1, 0.15) is 23.8 Å². The van der Waals surface area contributed by atoms with Crippen molar-refractivity contribution in [1.29, 1.82) is 0 Å². The van der Waals surface area contributed by atoms with E-state index in [1.165, 1.54) is 17.3 Å². The van der Waals surface area contributed by atoms with E-state index >= 15 is 0 Å². The van der Waals surface area contributed by atoms with E-state index in [4.69, 9.17) is 15.6 Å². The normalized spacial score (nSPS) is 24.2. The average molecular weight is 757 g/mol. The van der Waals surface area contributed by atoms with Crippen molar-refractivity contribution in [2.45, 2.75) is 120 Å². The molecule has 4 aliphatic rings. The van der Waals surface area contributed by atoms with E-state index in [9.17, 15) is 39.3 Å². The van der Waals surface area contributed by atoms with Crippen molar-refractivity contribution in [2.75, 3.05) is 12.4 Å². The maximum Gasteiger partial charge on any atom is 0.353 e. The molecule has 1 fully saturated rings. The van der Waals surface area contributed by atoms with E-state index in [-0.39, 0.29) is 47.8 Å². The number of esters is 1. The Kier molecular flexibility index (Phi) is 14.1. The summed E-state index contributed by atoms with van der Waals surface area (Å²) in [6, 6.07) is 1.37. The van der Waals surface area contributed by atoms with Crippen molar-refractivity contribution in [3.63, 3.8) is 0 Å². The number of rotatable bonds is 16. The zero-order valence-corrected chi connectivity index (χ0v) is 30.8. The van der Waals surface area contributed by atoms with Gasteiger partial charge in [-0.1, -0.05) is 43.3 Å². The van der Waals surface area contributed by atoms with Crippen molar-refractivity contribution in [3.8, 4) is 0 Å². The van der Waals surface area contributed by atoms with Crippen molar-refractivity contribution in [3.05, 3.63) is 52.6 Å². The molecule has 1 spiro atoms. The van der Waals surface area contributed by atoms with E-state index in [1.807, 2.05) is 17.4 Å². The molecule has 2 amide bonds. The number of hydrogen-bond acceptors (Lipinski definition) is 11. The fourth-order valence-corrected chi connectivity index (χ4v) is 10.3. The number of aliphatic hydroxyl groups excluding tert-OH is 2. The number of aromatic nitrogens is 1. The van der Waals surface area contributed by atoms with Crippen LogP contribution in [-0.2, 0) is 35.1 Å². The van der Waals surface area contributed by atoms with Gasteiger partial charge in [0.15, 0.2) is 0 Å². The summed E-state index contributed by atoms with van der Waals surface area (Å²) in [6.45, 7) is -0.0152. The minimum absolute atomic E-state index is 0.0152. The van der Waals surface area contributed by atoms with Gasteiger partial charge in [0.05, 0.1) is 5.25 Å². The lowest BCUT2D eigenvalue weighted by Crippen LogP contribution is -2.53. The number of carbonyl (C=O) groups excluding carboxylic acids is 3. The first-order chi connectivity index (χ1) is 25.4. The predicted molar refractivity (Wildman–Crippen MR) is 195 cm³/mol. The number of aliphatic carboxylic acids is 2. The fourth-order valence-electron chi connectivity index (χ4n) is 8.64.